The quantitative estimate of drug-likeness (QED) is 0.394. The molecule has 1 heterocycles. The SMILES string of the molecule is COC(=O)[C@@]12CNCCC1=CC(=O)/C(=C\O)C2. The van der Waals surface area contributed by atoms with Crippen LogP contribution in [0.1, 0.15) is 12.8 Å². The molecule has 0 bridgehead atoms. The highest BCUT2D eigenvalue weighted by Gasteiger charge is 2.48. The van der Waals surface area contributed by atoms with E-state index < -0.39 is 5.41 Å². The number of piperidine rings is 1. The number of hydrogen-bond acceptors (Lipinski definition) is 5. The van der Waals surface area contributed by atoms with E-state index in [9.17, 15) is 9.59 Å². The first kappa shape index (κ1) is 11.9. The highest BCUT2D eigenvalue weighted by molar-refractivity contribution is 6.07. The van der Waals surface area contributed by atoms with Gasteiger partial charge in [-0.1, -0.05) is 0 Å². The van der Waals surface area contributed by atoms with Crippen molar-refractivity contribution in [1.29, 1.82) is 0 Å². The van der Waals surface area contributed by atoms with Gasteiger partial charge in [0.25, 0.3) is 0 Å². The van der Waals surface area contributed by atoms with Gasteiger partial charge in [0.2, 0.25) is 0 Å². The van der Waals surface area contributed by atoms with E-state index in [-0.39, 0.29) is 23.7 Å². The Morgan fingerprint density at radius 1 is 1.65 bits per heavy atom. The minimum atomic E-state index is -0.824. The molecule has 5 heteroatoms. The molecule has 1 aliphatic heterocycles. The minimum Gasteiger partial charge on any atom is -0.515 e. The number of methoxy groups -OCH3 is 1. The molecule has 17 heavy (non-hydrogen) atoms. The lowest BCUT2D eigenvalue weighted by Gasteiger charge is -2.39. The number of nitrogens with one attached hydrogen (secondary N) is 1. The molecule has 0 radical (unpaired) electrons. The third-order valence-corrected chi connectivity index (χ3v) is 3.46. The van der Waals surface area contributed by atoms with Gasteiger partial charge in [-0.25, -0.2) is 0 Å². The number of hydrogen-bond donors (Lipinski definition) is 2. The van der Waals surface area contributed by atoms with Gasteiger partial charge in [-0.15, -0.1) is 0 Å². The fourth-order valence-electron chi connectivity index (χ4n) is 2.51. The van der Waals surface area contributed by atoms with Crippen LogP contribution in [0.2, 0.25) is 0 Å². The number of aliphatic hydroxyl groups is 1. The predicted octanol–water partition coefficient (Wildman–Crippen LogP) is 0.480. The van der Waals surface area contributed by atoms with Gasteiger partial charge in [0, 0.05) is 18.5 Å². The molecule has 2 N–H and O–H groups in total. The van der Waals surface area contributed by atoms with Crippen molar-refractivity contribution in [3.05, 3.63) is 23.5 Å². The summed E-state index contributed by atoms with van der Waals surface area (Å²) in [7, 11) is 1.34. The second-order valence-corrected chi connectivity index (χ2v) is 4.37. The summed E-state index contributed by atoms with van der Waals surface area (Å²) in [6.07, 6.45) is 3.10. The van der Waals surface area contributed by atoms with Gasteiger partial charge in [0.15, 0.2) is 5.78 Å². The van der Waals surface area contributed by atoms with Crippen LogP contribution < -0.4 is 5.32 Å². The minimum absolute atomic E-state index is 0.202. The Hall–Kier alpha value is -1.62. The zero-order valence-corrected chi connectivity index (χ0v) is 9.66. The van der Waals surface area contributed by atoms with E-state index in [1.165, 1.54) is 13.2 Å². The van der Waals surface area contributed by atoms with Gasteiger partial charge >= 0.3 is 5.97 Å². The van der Waals surface area contributed by atoms with E-state index >= 15 is 0 Å². The van der Waals surface area contributed by atoms with Crippen LogP contribution in [-0.2, 0) is 14.3 Å². The fraction of sp³-hybridized carbons (Fsp3) is 0.500. The smallest absolute Gasteiger partial charge is 0.317 e. The Kier molecular flexibility index (Phi) is 3.02. The molecular weight excluding hydrogens is 222 g/mol. The second kappa shape index (κ2) is 4.33. The summed E-state index contributed by atoms with van der Waals surface area (Å²) in [5.74, 6) is -0.577. The number of ketones is 1. The van der Waals surface area contributed by atoms with Gasteiger partial charge in [-0.05, 0) is 24.6 Å². The highest BCUT2D eigenvalue weighted by atomic mass is 16.5. The summed E-state index contributed by atoms with van der Waals surface area (Å²) >= 11 is 0. The molecule has 0 aromatic rings. The van der Waals surface area contributed by atoms with E-state index in [1.54, 1.807) is 0 Å². The molecule has 0 amide bonds. The zero-order valence-electron chi connectivity index (χ0n) is 9.66. The fourth-order valence-corrected chi connectivity index (χ4v) is 2.51. The van der Waals surface area contributed by atoms with Crippen molar-refractivity contribution in [2.45, 2.75) is 12.8 Å². The molecule has 92 valence electrons. The van der Waals surface area contributed by atoms with E-state index in [1.807, 2.05) is 0 Å². The summed E-state index contributed by atoms with van der Waals surface area (Å²) in [6, 6.07) is 0. The summed E-state index contributed by atoms with van der Waals surface area (Å²) in [5.41, 5.74) is 0.233. The van der Waals surface area contributed by atoms with E-state index in [0.717, 1.165) is 18.4 Å². The van der Waals surface area contributed by atoms with Crippen molar-refractivity contribution in [2.24, 2.45) is 5.41 Å². The molecule has 1 aliphatic carbocycles. The van der Waals surface area contributed by atoms with Gasteiger partial charge in [-0.3, -0.25) is 9.59 Å². The van der Waals surface area contributed by atoms with Crippen molar-refractivity contribution in [1.82, 2.24) is 5.32 Å². The van der Waals surface area contributed by atoms with Gasteiger partial charge in [-0.2, -0.15) is 0 Å². The number of carbonyl (C=O) groups is 2. The number of aliphatic hydroxyl groups excluding tert-OH is 1. The van der Waals surface area contributed by atoms with Crippen LogP contribution in [-0.4, -0.2) is 37.1 Å². The van der Waals surface area contributed by atoms with Crippen molar-refractivity contribution in [2.75, 3.05) is 20.2 Å². The summed E-state index contributed by atoms with van der Waals surface area (Å²) in [4.78, 5) is 23.6. The Morgan fingerprint density at radius 2 is 2.41 bits per heavy atom. The molecule has 1 atom stereocenters. The van der Waals surface area contributed by atoms with Crippen LogP contribution in [0.25, 0.3) is 0 Å². The molecule has 0 saturated carbocycles. The maximum absolute atomic E-state index is 12.0. The average Bonchev–Trinajstić information content (AvgIpc) is 2.37. The number of rotatable bonds is 1. The van der Waals surface area contributed by atoms with E-state index in [2.05, 4.69) is 5.32 Å². The monoisotopic (exact) mass is 237 g/mol. The number of ether oxygens (including phenoxy) is 1. The van der Waals surface area contributed by atoms with Crippen molar-refractivity contribution >= 4 is 11.8 Å². The topological polar surface area (TPSA) is 75.6 Å². The summed E-state index contributed by atoms with van der Waals surface area (Å²) < 4.78 is 4.84. The van der Waals surface area contributed by atoms with Crippen LogP contribution in [0.3, 0.4) is 0 Å². The first-order chi connectivity index (χ1) is 8.14. The van der Waals surface area contributed by atoms with Crippen LogP contribution in [0, 0.1) is 5.41 Å². The van der Waals surface area contributed by atoms with Crippen LogP contribution in [0.5, 0.6) is 0 Å². The number of esters is 1. The molecule has 5 nitrogen and oxygen atoms in total. The van der Waals surface area contributed by atoms with Crippen molar-refractivity contribution < 1.29 is 19.4 Å². The molecular formula is C12H15NO4. The molecule has 0 unspecified atom stereocenters. The van der Waals surface area contributed by atoms with Crippen molar-refractivity contribution in [3.8, 4) is 0 Å². The van der Waals surface area contributed by atoms with Gasteiger partial charge in [0.1, 0.15) is 5.41 Å². The van der Waals surface area contributed by atoms with Gasteiger partial charge in [0.05, 0.1) is 13.4 Å². The normalized spacial score (nSPS) is 30.8. The maximum Gasteiger partial charge on any atom is 0.317 e. The first-order valence-corrected chi connectivity index (χ1v) is 5.52. The predicted molar refractivity (Wildman–Crippen MR) is 60.4 cm³/mol. The molecule has 2 rings (SSSR count). The van der Waals surface area contributed by atoms with Crippen LogP contribution in [0.4, 0.5) is 0 Å². The molecule has 0 aromatic heterocycles. The molecule has 1 fully saturated rings. The number of allylic oxidation sites excluding steroid dienone is 2. The zero-order chi connectivity index (χ0) is 12.5. The highest BCUT2D eigenvalue weighted by Crippen LogP contribution is 2.42. The molecule has 2 aliphatic rings. The largest absolute Gasteiger partial charge is 0.515 e. The standard InChI is InChI=1S/C12H15NO4/c1-17-11(16)12-5-8(6-14)10(15)4-9(12)2-3-13-7-12/h4,6,13-14H,2-3,5,7H2,1H3/b8-6-/t12-/m0/s1. The lowest BCUT2D eigenvalue weighted by Crippen LogP contribution is -2.50. The molecule has 0 aromatic carbocycles. The summed E-state index contributed by atoms with van der Waals surface area (Å²) in [5, 5.41) is 12.2. The van der Waals surface area contributed by atoms with Crippen LogP contribution >= 0.6 is 0 Å². The van der Waals surface area contributed by atoms with E-state index in [4.69, 9.17) is 9.84 Å². The van der Waals surface area contributed by atoms with Crippen molar-refractivity contribution in [3.63, 3.8) is 0 Å². The van der Waals surface area contributed by atoms with Gasteiger partial charge < -0.3 is 15.2 Å². The number of carbonyl (C=O) groups excluding carboxylic acids is 2. The first-order valence-electron chi connectivity index (χ1n) is 5.52. The lowest BCUT2D eigenvalue weighted by atomic mass is 9.68. The molecule has 0 spiro atoms. The van der Waals surface area contributed by atoms with Crippen LogP contribution in [0.15, 0.2) is 23.5 Å². The molecule has 1 saturated heterocycles. The lowest BCUT2D eigenvalue weighted by molar-refractivity contribution is -0.151. The Balaban J connectivity index is 2.47. The average molecular weight is 237 g/mol. The Morgan fingerprint density at radius 3 is 3.06 bits per heavy atom. The summed E-state index contributed by atoms with van der Waals surface area (Å²) in [6.45, 7) is 1.19. The third kappa shape index (κ3) is 1.76. The maximum atomic E-state index is 12.0. The Labute approximate surface area is 99.1 Å². The third-order valence-electron chi connectivity index (χ3n) is 3.46. The Bertz CT molecular complexity index is 424. The van der Waals surface area contributed by atoms with E-state index in [0.29, 0.717) is 13.0 Å². The number of fused-ring (bicyclic) bond motifs is 1. The second-order valence-electron chi connectivity index (χ2n) is 4.37.